The first-order chi connectivity index (χ1) is 17.0. The molecule has 0 saturated heterocycles. The third-order valence-electron chi connectivity index (χ3n) is 6.29. The molecular weight excluding hydrogens is 444 g/mol. The van der Waals surface area contributed by atoms with E-state index in [1.807, 2.05) is 0 Å². The monoisotopic (exact) mass is 462 g/mol. The fourth-order valence-electron chi connectivity index (χ4n) is 4.64. The normalized spacial score (nSPS) is 14.0. The number of hydrogen-bond acceptors (Lipinski definition) is 5. The van der Waals surface area contributed by atoms with Gasteiger partial charge in [0.1, 0.15) is 17.0 Å². The van der Waals surface area contributed by atoms with Gasteiger partial charge in [-0.1, -0.05) is 48.5 Å². The van der Waals surface area contributed by atoms with Gasteiger partial charge in [-0.25, -0.2) is 9.98 Å². The highest BCUT2D eigenvalue weighted by Crippen LogP contribution is 2.33. The molecule has 8 nitrogen and oxygen atoms in total. The maximum Gasteiger partial charge on any atom is 0.338 e. The van der Waals surface area contributed by atoms with E-state index in [9.17, 15) is 19.7 Å². The highest BCUT2D eigenvalue weighted by molar-refractivity contribution is 6.36. The highest BCUT2D eigenvalue weighted by Gasteiger charge is 2.20. The molecule has 4 aromatic rings. The number of nitriles is 1. The van der Waals surface area contributed by atoms with E-state index < -0.39 is 22.4 Å². The highest BCUT2D eigenvalue weighted by atomic mass is 16.6. The summed E-state index contributed by atoms with van der Waals surface area (Å²) < 4.78 is 0. The topological polar surface area (TPSA) is 126 Å². The van der Waals surface area contributed by atoms with Crippen molar-refractivity contribution in [2.45, 2.75) is 25.7 Å². The number of benzene rings is 4. The second-order valence-corrected chi connectivity index (χ2v) is 8.35. The van der Waals surface area contributed by atoms with Gasteiger partial charge >= 0.3 is 11.8 Å². The largest absolute Gasteiger partial charge is 0.338 e. The van der Waals surface area contributed by atoms with Crippen molar-refractivity contribution in [1.29, 1.82) is 5.26 Å². The van der Waals surface area contributed by atoms with Crippen LogP contribution in [0, 0.1) is 21.4 Å². The van der Waals surface area contributed by atoms with Gasteiger partial charge in [0.15, 0.2) is 0 Å². The molecule has 35 heavy (non-hydrogen) atoms. The summed E-state index contributed by atoms with van der Waals surface area (Å²) in [6.07, 6.45) is 5.22. The maximum atomic E-state index is 10.9. The predicted octanol–water partition coefficient (Wildman–Crippen LogP) is 3.64. The van der Waals surface area contributed by atoms with E-state index in [0.717, 1.165) is 12.1 Å². The first-order valence-electron chi connectivity index (χ1n) is 11.1. The summed E-state index contributed by atoms with van der Waals surface area (Å²) >= 11 is 0. The molecule has 0 radical (unpaired) electrons. The molecule has 2 amide bonds. The van der Waals surface area contributed by atoms with Crippen molar-refractivity contribution in [3.63, 3.8) is 0 Å². The number of nitrogens with zero attached hydrogens (tertiary/aromatic N) is 4. The zero-order valence-electron chi connectivity index (χ0n) is 18.5. The summed E-state index contributed by atoms with van der Waals surface area (Å²) in [5.41, 5.74) is 2.45. The molecule has 1 aliphatic carbocycles. The van der Waals surface area contributed by atoms with E-state index in [0.29, 0.717) is 0 Å². The Hall–Kier alpha value is -4.77. The summed E-state index contributed by atoms with van der Waals surface area (Å²) in [7, 11) is 0. The van der Waals surface area contributed by atoms with E-state index in [-0.39, 0.29) is 16.3 Å². The van der Waals surface area contributed by atoms with Gasteiger partial charge < -0.3 is 0 Å². The lowest BCUT2D eigenvalue weighted by Crippen LogP contribution is -2.35. The first kappa shape index (κ1) is 22.0. The van der Waals surface area contributed by atoms with Crippen molar-refractivity contribution in [3.8, 4) is 6.07 Å². The fourth-order valence-corrected chi connectivity index (χ4v) is 4.64. The standard InChI is InChI=1S/C18H16.C9H2N4O4/c1-3-7-15-13(5-1)9-11-18-16-8-4-2-6-14(16)10-12-17(15)18;10-3-4-1-5-6(2-7(4)13(16)17)12-9(15)8(14)11-5/h1,3,5,7,9-12H,2,4,6,8H2;1-2H. The van der Waals surface area contributed by atoms with E-state index in [1.165, 1.54) is 47.2 Å². The number of nitro groups is 1. The zero-order chi connectivity index (χ0) is 24.5. The summed E-state index contributed by atoms with van der Waals surface area (Å²) in [5.74, 6) is -2.15. The minimum Gasteiger partial charge on any atom is -0.261 e. The van der Waals surface area contributed by atoms with Crippen LogP contribution in [0.15, 0.2) is 70.6 Å². The second kappa shape index (κ2) is 8.88. The second-order valence-electron chi connectivity index (χ2n) is 8.35. The average molecular weight is 462 g/mol. The molecule has 4 aromatic carbocycles. The van der Waals surface area contributed by atoms with Gasteiger partial charge in [-0.3, -0.25) is 19.7 Å². The van der Waals surface area contributed by atoms with E-state index >= 15 is 0 Å². The lowest BCUT2D eigenvalue weighted by Gasteiger charge is -2.18. The number of rotatable bonds is 1. The molecule has 0 fully saturated rings. The summed E-state index contributed by atoms with van der Waals surface area (Å²) in [5, 5.41) is 24.9. The Balaban J connectivity index is 0.000000145. The Morgan fingerprint density at radius 3 is 2.26 bits per heavy atom. The predicted molar refractivity (Wildman–Crippen MR) is 128 cm³/mol. The lowest BCUT2D eigenvalue weighted by atomic mass is 9.86. The van der Waals surface area contributed by atoms with E-state index in [1.54, 1.807) is 17.2 Å². The SMILES string of the molecule is N#Cc1cc2c(cc1[N+](=O)[O-])=NC(=O)C(=O)N=2.c1ccc2c(c1)ccc1c3c(ccc12)CCCC3. The van der Waals surface area contributed by atoms with Gasteiger partial charge in [-0.15, -0.1) is 0 Å². The van der Waals surface area contributed by atoms with Crippen LogP contribution in [0.1, 0.15) is 29.5 Å². The first-order valence-corrected chi connectivity index (χ1v) is 11.1. The van der Waals surface area contributed by atoms with Crippen LogP contribution in [0.3, 0.4) is 0 Å². The van der Waals surface area contributed by atoms with Crippen molar-refractivity contribution in [1.82, 2.24) is 0 Å². The van der Waals surface area contributed by atoms with Gasteiger partial charge in [0, 0.05) is 6.07 Å². The molecule has 170 valence electrons. The van der Waals surface area contributed by atoms with Gasteiger partial charge in [0.05, 0.1) is 10.3 Å². The molecule has 0 bridgehead atoms. The summed E-state index contributed by atoms with van der Waals surface area (Å²) in [4.78, 5) is 38.5. The van der Waals surface area contributed by atoms with Crippen LogP contribution in [0.5, 0.6) is 0 Å². The molecule has 2 aliphatic rings. The smallest absolute Gasteiger partial charge is 0.261 e. The number of hydrogen-bond donors (Lipinski definition) is 0. The van der Waals surface area contributed by atoms with Crippen molar-refractivity contribution >= 4 is 39.0 Å². The molecule has 1 aliphatic heterocycles. The molecular formula is C27H18N4O4. The van der Waals surface area contributed by atoms with Crippen LogP contribution in [0.2, 0.25) is 0 Å². The Morgan fingerprint density at radius 1 is 0.829 bits per heavy atom. The molecule has 0 aromatic heterocycles. The van der Waals surface area contributed by atoms with Crippen LogP contribution in [-0.2, 0) is 22.4 Å². The van der Waals surface area contributed by atoms with Crippen LogP contribution < -0.4 is 10.7 Å². The molecule has 8 heteroatoms. The lowest BCUT2D eigenvalue weighted by molar-refractivity contribution is -0.385. The quantitative estimate of drug-likeness (QED) is 0.185. The number of amides is 2. The number of carbonyl (C=O) groups is 2. The third kappa shape index (κ3) is 4.04. The Labute approximate surface area is 199 Å². The summed E-state index contributed by atoms with van der Waals surface area (Å²) in [6.45, 7) is 0. The van der Waals surface area contributed by atoms with Crippen LogP contribution >= 0.6 is 0 Å². The van der Waals surface area contributed by atoms with Gasteiger partial charge in [-0.05, 0) is 64.4 Å². The van der Waals surface area contributed by atoms with Crippen LogP contribution in [0.4, 0.5) is 5.69 Å². The Kier molecular flexibility index (Phi) is 5.59. The third-order valence-corrected chi connectivity index (χ3v) is 6.29. The number of aryl methyl sites for hydroxylation is 2. The molecule has 1 heterocycles. The number of nitro benzene ring substituents is 1. The van der Waals surface area contributed by atoms with E-state index in [2.05, 4.69) is 58.5 Å². The van der Waals surface area contributed by atoms with Gasteiger partial charge in [0.2, 0.25) is 0 Å². The van der Waals surface area contributed by atoms with E-state index in [4.69, 9.17) is 5.26 Å². The summed E-state index contributed by atoms with van der Waals surface area (Å²) in [6, 6.07) is 21.6. The van der Waals surface area contributed by atoms with Gasteiger partial charge in [0.25, 0.3) is 5.69 Å². The molecule has 6 rings (SSSR count). The van der Waals surface area contributed by atoms with Crippen molar-refractivity contribution in [3.05, 3.63) is 98.2 Å². The molecule has 0 atom stereocenters. The molecule has 0 spiro atoms. The van der Waals surface area contributed by atoms with Crippen molar-refractivity contribution in [2.75, 3.05) is 0 Å². The number of carbonyl (C=O) groups excluding carboxylic acids is 2. The van der Waals surface area contributed by atoms with Gasteiger partial charge in [-0.2, -0.15) is 5.26 Å². The van der Waals surface area contributed by atoms with Crippen molar-refractivity contribution < 1.29 is 14.5 Å². The van der Waals surface area contributed by atoms with Crippen molar-refractivity contribution in [2.24, 2.45) is 9.98 Å². The van der Waals surface area contributed by atoms with Crippen LogP contribution in [0.25, 0.3) is 21.5 Å². The fraction of sp³-hybridized carbons (Fsp3) is 0.148. The molecule has 0 N–H and O–H groups in total. The Morgan fingerprint density at radius 2 is 1.51 bits per heavy atom. The maximum absolute atomic E-state index is 10.9. The number of fused-ring (bicyclic) bond motifs is 6. The molecule has 0 saturated carbocycles. The molecule has 0 unspecified atom stereocenters. The minimum atomic E-state index is -1.09. The minimum absolute atomic E-state index is 0.0169. The van der Waals surface area contributed by atoms with Crippen LogP contribution in [-0.4, -0.2) is 16.7 Å². The average Bonchev–Trinajstić information content (AvgIpc) is 2.88. The Bertz CT molecular complexity index is 1730. The zero-order valence-corrected chi connectivity index (χ0v) is 18.5.